The summed E-state index contributed by atoms with van der Waals surface area (Å²) >= 11 is 0. The minimum Gasteiger partial charge on any atom is -0.372 e. The third-order valence-corrected chi connectivity index (χ3v) is 5.31. The van der Waals surface area contributed by atoms with Gasteiger partial charge in [-0.15, -0.1) is 0 Å². The minimum absolute atomic E-state index is 0.133. The molecule has 1 aliphatic heterocycles. The lowest BCUT2D eigenvalue weighted by molar-refractivity contribution is -0.00536. The molecule has 0 aliphatic carbocycles. The number of ether oxygens (including phenoxy) is 1. The molecule has 0 bridgehead atoms. The first kappa shape index (κ1) is 18.9. The van der Waals surface area contributed by atoms with E-state index in [9.17, 15) is 0 Å². The van der Waals surface area contributed by atoms with Crippen LogP contribution in [-0.2, 0) is 10.2 Å². The monoisotopic (exact) mass is 375 g/mol. The molecule has 2 aromatic carbocycles. The first-order valence-corrected chi connectivity index (χ1v) is 10.1. The molecule has 0 radical (unpaired) electrons. The fourth-order valence-electron chi connectivity index (χ4n) is 3.90. The van der Waals surface area contributed by atoms with Crippen LogP contribution >= 0.6 is 0 Å². The van der Waals surface area contributed by atoms with Gasteiger partial charge < -0.3 is 9.64 Å². The summed E-state index contributed by atoms with van der Waals surface area (Å²) in [7, 11) is 0. The Morgan fingerprint density at radius 3 is 2.18 bits per heavy atom. The molecule has 28 heavy (non-hydrogen) atoms. The number of aromatic nitrogens is 2. The summed E-state index contributed by atoms with van der Waals surface area (Å²) in [6.07, 6.45) is 0.374. The van der Waals surface area contributed by atoms with E-state index in [1.54, 1.807) is 0 Å². The summed E-state index contributed by atoms with van der Waals surface area (Å²) in [6.45, 7) is 12.6. The molecule has 2 atom stereocenters. The maximum atomic E-state index is 5.92. The van der Waals surface area contributed by atoms with Crippen molar-refractivity contribution in [3.63, 3.8) is 0 Å². The SMILES string of the molecule is C[C@H]1CN(c2nc(-c3ccc(C(C)(C)C)cc3)nc3ccccc23)C[C@H](C)O1. The number of benzene rings is 2. The summed E-state index contributed by atoms with van der Waals surface area (Å²) in [5.74, 6) is 1.78. The first-order chi connectivity index (χ1) is 13.3. The van der Waals surface area contributed by atoms with Gasteiger partial charge in [0.1, 0.15) is 5.82 Å². The molecule has 0 saturated carbocycles. The number of nitrogens with zero attached hydrogens (tertiary/aromatic N) is 3. The van der Waals surface area contributed by atoms with Crippen molar-refractivity contribution >= 4 is 16.7 Å². The third kappa shape index (κ3) is 3.74. The topological polar surface area (TPSA) is 38.2 Å². The molecule has 4 nitrogen and oxygen atoms in total. The smallest absolute Gasteiger partial charge is 0.162 e. The van der Waals surface area contributed by atoms with Crippen molar-refractivity contribution in [2.75, 3.05) is 18.0 Å². The molecule has 1 saturated heterocycles. The van der Waals surface area contributed by atoms with Crippen molar-refractivity contribution in [2.24, 2.45) is 0 Å². The molecule has 1 aliphatic rings. The lowest BCUT2D eigenvalue weighted by Gasteiger charge is -2.36. The van der Waals surface area contributed by atoms with E-state index in [1.165, 1.54) is 5.56 Å². The number of morpholine rings is 1. The standard InChI is InChI=1S/C24H29N3O/c1-16-14-27(15-17(2)28-16)23-20-8-6-7-9-21(20)25-22(26-23)18-10-12-19(13-11-18)24(3,4)5/h6-13,16-17H,14-15H2,1-5H3/t16-,17-/m0/s1. The van der Waals surface area contributed by atoms with Crippen LogP contribution in [0, 0.1) is 0 Å². The van der Waals surface area contributed by atoms with E-state index in [1.807, 2.05) is 6.07 Å². The Hall–Kier alpha value is -2.46. The average Bonchev–Trinajstić information content (AvgIpc) is 2.66. The van der Waals surface area contributed by atoms with Crippen LogP contribution in [0.4, 0.5) is 5.82 Å². The first-order valence-electron chi connectivity index (χ1n) is 10.1. The highest BCUT2D eigenvalue weighted by molar-refractivity contribution is 5.91. The molecule has 4 rings (SSSR count). The van der Waals surface area contributed by atoms with Gasteiger partial charge in [-0.1, -0.05) is 57.2 Å². The van der Waals surface area contributed by atoms with Gasteiger partial charge in [0, 0.05) is 24.0 Å². The van der Waals surface area contributed by atoms with Crippen molar-refractivity contribution in [1.82, 2.24) is 9.97 Å². The van der Waals surface area contributed by atoms with E-state index in [0.717, 1.165) is 41.2 Å². The number of hydrogen-bond donors (Lipinski definition) is 0. The number of rotatable bonds is 2. The Labute approximate surface area is 167 Å². The van der Waals surface area contributed by atoms with Gasteiger partial charge in [-0.05, 0) is 37.0 Å². The lowest BCUT2D eigenvalue weighted by Crippen LogP contribution is -2.46. The molecular weight excluding hydrogens is 346 g/mol. The van der Waals surface area contributed by atoms with E-state index in [4.69, 9.17) is 14.7 Å². The number of fused-ring (bicyclic) bond motifs is 1. The van der Waals surface area contributed by atoms with Crippen molar-refractivity contribution < 1.29 is 4.74 Å². The minimum atomic E-state index is 0.133. The summed E-state index contributed by atoms with van der Waals surface area (Å²) in [5, 5.41) is 1.10. The van der Waals surface area contributed by atoms with Crippen molar-refractivity contribution in [2.45, 2.75) is 52.2 Å². The van der Waals surface area contributed by atoms with Crippen molar-refractivity contribution in [3.05, 3.63) is 54.1 Å². The number of hydrogen-bond acceptors (Lipinski definition) is 4. The van der Waals surface area contributed by atoms with Crippen LogP contribution in [0.1, 0.15) is 40.2 Å². The van der Waals surface area contributed by atoms with Gasteiger partial charge in [-0.3, -0.25) is 0 Å². The molecule has 4 heteroatoms. The van der Waals surface area contributed by atoms with Crippen LogP contribution in [0.15, 0.2) is 48.5 Å². The fraction of sp³-hybridized carbons (Fsp3) is 0.417. The highest BCUT2D eigenvalue weighted by atomic mass is 16.5. The Bertz CT molecular complexity index is 965. The zero-order valence-electron chi connectivity index (χ0n) is 17.4. The molecule has 146 valence electrons. The summed E-state index contributed by atoms with van der Waals surface area (Å²) < 4.78 is 5.92. The van der Waals surface area contributed by atoms with E-state index < -0.39 is 0 Å². The summed E-state index contributed by atoms with van der Waals surface area (Å²) in [5.41, 5.74) is 3.48. The molecule has 0 amide bonds. The Balaban J connectivity index is 1.80. The van der Waals surface area contributed by atoms with Gasteiger partial charge >= 0.3 is 0 Å². The van der Waals surface area contributed by atoms with Gasteiger partial charge in [0.15, 0.2) is 5.82 Å². The van der Waals surface area contributed by atoms with Gasteiger partial charge in [0.05, 0.1) is 17.7 Å². The lowest BCUT2D eigenvalue weighted by atomic mass is 9.87. The Morgan fingerprint density at radius 2 is 1.54 bits per heavy atom. The molecule has 3 aromatic rings. The average molecular weight is 376 g/mol. The molecule has 0 spiro atoms. The van der Waals surface area contributed by atoms with E-state index in [0.29, 0.717) is 0 Å². The summed E-state index contributed by atoms with van der Waals surface area (Å²) in [6, 6.07) is 16.9. The summed E-state index contributed by atoms with van der Waals surface area (Å²) in [4.78, 5) is 12.2. The highest BCUT2D eigenvalue weighted by Gasteiger charge is 2.25. The zero-order valence-corrected chi connectivity index (χ0v) is 17.4. The normalized spacial score (nSPS) is 20.5. The van der Waals surface area contributed by atoms with Gasteiger partial charge in [-0.2, -0.15) is 0 Å². The second-order valence-electron chi connectivity index (χ2n) is 8.88. The predicted molar refractivity (Wildman–Crippen MR) is 116 cm³/mol. The van der Waals surface area contributed by atoms with Crippen LogP contribution in [0.2, 0.25) is 0 Å². The Morgan fingerprint density at radius 1 is 0.893 bits per heavy atom. The molecule has 0 N–H and O–H groups in total. The van der Waals surface area contributed by atoms with Gasteiger partial charge in [0.2, 0.25) is 0 Å². The second-order valence-corrected chi connectivity index (χ2v) is 8.88. The van der Waals surface area contributed by atoms with Crippen LogP contribution in [0.5, 0.6) is 0 Å². The van der Waals surface area contributed by atoms with Crippen LogP contribution in [0.3, 0.4) is 0 Å². The van der Waals surface area contributed by atoms with Crippen LogP contribution < -0.4 is 4.90 Å². The largest absolute Gasteiger partial charge is 0.372 e. The third-order valence-electron chi connectivity index (χ3n) is 5.31. The van der Waals surface area contributed by atoms with Gasteiger partial charge in [-0.25, -0.2) is 9.97 Å². The molecule has 0 unspecified atom stereocenters. The number of para-hydroxylation sites is 1. The van der Waals surface area contributed by atoms with Crippen LogP contribution in [0.25, 0.3) is 22.3 Å². The fourth-order valence-corrected chi connectivity index (χ4v) is 3.90. The molecule has 1 fully saturated rings. The number of anilines is 1. The predicted octanol–water partition coefficient (Wildman–Crippen LogP) is 5.21. The van der Waals surface area contributed by atoms with E-state index >= 15 is 0 Å². The molecule has 1 aromatic heterocycles. The Kier molecular flexibility index (Phi) is 4.84. The van der Waals surface area contributed by atoms with Crippen molar-refractivity contribution in [1.29, 1.82) is 0 Å². The highest BCUT2D eigenvalue weighted by Crippen LogP contribution is 2.30. The quantitative estimate of drug-likeness (QED) is 0.616. The molecule has 2 heterocycles. The van der Waals surface area contributed by atoms with Crippen LogP contribution in [-0.4, -0.2) is 35.3 Å². The maximum Gasteiger partial charge on any atom is 0.162 e. The van der Waals surface area contributed by atoms with Crippen molar-refractivity contribution in [3.8, 4) is 11.4 Å². The second kappa shape index (κ2) is 7.17. The molecular formula is C24H29N3O. The maximum absolute atomic E-state index is 5.92. The van der Waals surface area contributed by atoms with E-state index in [2.05, 4.69) is 82.0 Å². The van der Waals surface area contributed by atoms with E-state index in [-0.39, 0.29) is 17.6 Å². The zero-order chi connectivity index (χ0) is 19.9. The van der Waals surface area contributed by atoms with Gasteiger partial charge in [0.25, 0.3) is 0 Å².